The number of thioether (sulfide) groups is 1. The molecule has 0 aliphatic heterocycles. The Balaban J connectivity index is 2.72. The van der Waals surface area contributed by atoms with Crippen LogP contribution in [-0.4, -0.2) is 22.1 Å². The van der Waals surface area contributed by atoms with Crippen molar-refractivity contribution in [3.63, 3.8) is 0 Å². The molecule has 92 valence electrons. The summed E-state index contributed by atoms with van der Waals surface area (Å²) in [5.74, 6) is 0.840. The number of nitrogens with one attached hydrogen (secondary N) is 1. The number of aryl methyl sites for hydroxylation is 2. The van der Waals surface area contributed by atoms with Gasteiger partial charge in [-0.25, -0.2) is 4.68 Å². The first-order chi connectivity index (χ1) is 8.04. The zero-order valence-electron chi connectivity index (χ0n) is 10.0. The van der Waals surface area contributed by atoms with Gasteiger partial charge in [0, 0.05) is 17.5 Å². The van der Waals surface area contributed by atoms with Crippen LogP contribution in [0.4, 0.5) is 0 Å². The summed E-state index contributed by atoms with van der Waals surface area (Å²) >= 11 is 1.45. The summed E-state index contributed by atoms with van der Waals surface area (Å²) in [5, 5.41) is 0. The molecule has 5 heteroatoms. The van der Waals surface area contributed by atoms with Crippen molar-refractivity contribution < 1.29 is 4.79 Å². The Bertz CT molecular complexity index is 480. The van der Waals surface area contributed by atoms with Gasteiger partial charge in [0.25, 0.3) is 5.56 Å². The Morgan fingerprint density at radius 1 is 1.53 bits per heavy atom. The molecule has 0 saturated heterocycles. The molecule has 1 N–H and O–H groups in total. The van der Waals surface area contributed by atoms with Crippen molar-refractivity contribution in [3.05, 3.63) is 46.4 Å². The van der Waals surface area contributed by atoms with Gasteiger partial charge in [-0.05, 0) is 25.5 Å². The van der Waals surface area contributed by atoms with Gasteiger partial charge in [0.15, 0.2) is 0 Å². The van der Waals surface area contributed by atoms with Crippen molar-refractivity contribution in [2.24, 2.45) is 0 Å². The Morgan fingerprint density at radius 2 is 2.24 bits per heavy atom. The lowest BCUT2D eigenvalue weighted by Gasteiger charge is -2.11. The molecular formula is C12H16N2O2S. The lowest BCUT2D eigenvalue weighted by molar-refractivity contribution is -0.114. The van der Waals surface area contributed by atoms with Crippen LogP contribution < -0.4 is 11.0 Å². The van der Waals surface area contributed by atoms with E-state index in [0.29, 0.717) is 5.75 Å². The second-order valence-electron chi connectivity index (χ2n) is 3.69. The van der Waals surface area contributed by atoms with Gasteiger partial charge in [-0.2, -0.15) is 0 Å². The third-order valence-electron chi connectivity index (χ3n) is 2.07. The van der Waals surface area contributed by atoms with Gasteiger partial charge in [0.1, 0.15) is 0 Å². The Labute approximate surface area is 105 Å². The fourth-order valence-electron chi connectivity index (χ4n) is 1.40. The molecule has 1 heterocycles. The van der Waals surface area contributed by atoms with Crippen LogP contribution in [0.3, 0.4) is 0 Å². The predicted molar refractivity (Wildman–Crippen MR) is 72.1 cm³/mol. The van der Waals surface area contributed by atoms with E-state index in [0.717, 1.165) is 17.0 Å². The molecule has 0 aromatic carbocycles. The molecule has 0 spiro atoms. The smallest absolute Gasteiger partial charge is 0.269 e. The molecular weight excluding hydrogens is 236 g/mol. The average Bonchev–Trinajstić information content (AvgIpc) is 2.24. The third-order valence-corrected chi connectivity index (χ3v) is 3.00. The molecule has 0 saturated carbocycles. The maximum absolute atomic E-state index is 11.7. The zero-order valence-corrected chi connectivity index (χ0v) is 10.8. The monoisotopic (exact) mass is 252 g/mol. The van der Waals surface area contributed by atoms with Crippen LogP contribution in [0.1, 0.15) is 11.3 Å². The molecule has 1 rings (SSSR count). The molecule has 1 aromatic heterocycles. The van der Waals surface area contributed by atoms with Gasteiger partial charge in [0.2, 0.25) is 5.91 Å². The largest absolute Gasteiger partial charge is 0.272 e. The second-order valence-corrected chi connectivity index (χ2v) is 4.72. The zero-order chi connectivity index (χ0) is 12.8. The third kappa shape index (κ3) is 4.11. The fraction of sp³-hybridized carbons (Fsp3) is 0.333. The van der Waals surface area contributed by atoms with Crippen molar-refractivity contribution >= 4 is 17.7 Å². The van der Waals surface area contributed by atoms with Crippen LogP contribution in [0.2, 0.25) is 0 Å². The Kier molecular flexibility index (Phi) is 5.03. The first kappa shape index (κ1) is 13.6. The molecule has 1 aromatic rings. The molecule has 0 fully saturated rings. The van der Waals surface area contributed by atoms with Gasteiger partial charge in [0.05, 0.1) is 5.75 Å². The van der Waals surface area contributed by atoms with Gasteiger partial charge in [-0.15, -0.1) is 18.3 Å². The topological polar surface area (TPSA) is 51.1 Å². The lowest BCUT2D eigenvalue weighted by atomic mass is 10.2. The number of pyridine rings is 1. The minimum Gasteiger partial charge on any atom is -0.272 e. The van der Waals surface area contributed by atoms with Crippen LogP contribution in [0, 0.1) is 13.8 Å². The van der Waals surface area contributed by atoms with Crippen molar-refractivity contribution in [3.8, 4) is 0 Å². The number of aromatic nitrogens is 1. The van der Waals surface area contributed by atoms with Crippen LogP contribution in [0.5, 0.6) is 0 Å². The molecule has 0 atom stereocenters. The number of rotatable bonds is 5. The predicted octanol–water partition coefficient (Wildman–Crippen LogP) is 1.45. The van der Waals surface area contributed by atoms with Gasteiger partial charge < -0.3 is 0 Å². The van der Waals surface area contributed by atoms with Crippen LogP contribution >= 0.6 is 11.8 Å². The molecule has 0 radical (unpaired) electrons. The summed E-state index contributed by atoms with van der Waals surface area (Å²) in [5.41, 5.74) is 3.96. The number of amides is 1. The van der Waals surface area contributed by atoms with E-state index in [-0.39, 0.29) is 11.5 Å². The van der Waals surface area contributed by atoms with E-state index in [1.165, 1.54) is 22.5 Å². The Hall–Kier alpha value is -1.49. The van der Waals surface area contributed by atoms with Gasteiger partial charge >= 0.3 is 0 Å². The molecule has 17 heavy (non-hydrogen) atoms. The number of hydrogen-bond acceptors (Lipinski definition) is 3. The standard InChI is InChI=1S/C12H16N2O2S/c1-4-5-17-8-11(15)13-14-10(3)6-9(2)7-12(14)16/h4,6-7H,1,5,8H2,2-3H3,(H,13,15). The van der Waals surface area contributed by atoms with Gasteiger partial charge in [-0.1, -0.05) is 6.08 Å². The van der Waals surface area contributed by atoms with Crippen molar-refractivity contribution in [2.75, 3.05) is 16.9 Å². The molecule has 0 aliphatic rings. The number of carbonyl (C=O) groups excluding carboxylic acids is 1. The number of carbonyl (C=O) groups is 1. The number of hydrogen-bond donors (Lipinski definition) is 1. The minimum atomic E-state index is -0.218. The van der Waals surface area contributed by atoms with Crippen molar-refractivity contribution in [1.82, 2.24) is 4.68 Å². The highest BCUT2D eigenvalue weighted by atomic mass is 32.2. The van der Waals surface area contributed by atoms with E-state index in [1.807, 2.05) is 13.0 Å². The van der Waals surface area contributed by atoms with Crippen LogP contribution in [0.15, 0.2) is 29.6 Å². The SMILES string of the molecule is C=CCSCC(=O)Nn1c(C)cc(C)cc1=O. The lowest BCUT2D eigenvalue weighted by Crippen LogP contribution is -2.35. The first-order valence-corrected chi connectivity index (χ1v) is 6.39. The molecule has 1 amide bonds. The molecule has 4 nitrogen and oxygen atoms in total. The summed E-state index contributed by atoms with van der Waals surface area (Å²) in [6, 6.07) is 3.34. The van der Waals surface area contributed by atoms with E-state index < -0.39 is 0 Å². The van der Waals surface area contributed by atoms with E-state index in [4.69, 9.17) is 0 Å². The Morgan fingerprint density at radius 3 is 2.82 bits per heavy atom. The van der Waals surface area contributed by atoms with E-state index >= 15 is 0 Å². The normalized spacial score (nSPS) is 10.0. The summed E-state index contributed by atoms with van der Waals surface area (Å²) in [6.07, 6.45) is 1.74. The molecule has 0 aliphatic carbocycles. The maximum atomic E-state index is 11.7. The second kappa shape index (κ2) is 6.30. The summed E-state index contributed by atoms with van der Waals surface area (Å²) in [7, 11) is 0. The van der Waals surface area contributed by atoms with Gasteiger partial charge in [-0.3, -0.25) is 15.0 Å². The quantitative estimate of drug-likeness (QED) is 0.637. The first-order valence-electron chi connectivity index (χ1n) is 5.23. The molecule has 0 unspecified atom stereocenters. The highest BCUT2D eigenvalue weighted by molar-refractivity contribution is 8.00. The van der Waals surface area contributed by atoms with E-state index in [1.54, 1.807) is 13.0 Å². The van der Waals surface area contributed by atoms with Crippen LogP contribution in [0.25, 0.3) is 0 Å². The maximum Gasteiger partial charge on any atom is 0.269 e. The number of nitrogens with zero attached hydrogens (tertiary/aromatic N) is 1. The summed E-state index contributed by atoms with van der Waals surface area (Å²) in [4.78, 5) is 23.2. The fourth-order valence-corrected chi connectivity index (χ4v) is 1.94. The summed E-state index contributed by atoms with van der Waals surface area (Å²) in [6.45, 7) is 7.20. The average molecular weight is 252 g/mol. The van der Waals surface area contributed by atoms with Crippen LogP contribution in [-0.2, 0) is 4.79 Å². The van der Waals surface area contributed by atoms with Crippen molar-refractivity contribution in [1.29, 1.82) is 0 Å². The highest BCUT2D eigenvalue weighted by Crippen LogP contribution is 2.00. The summed E-state index contributed by atoms with van der Waals surface area (Å²) < 4.78 is 1.27. The van der Waals surface area contributed by atoms with E-state index in [2.05, 4.69) is 12.0 Å². The highest BCUT2D eigenvalue weighted by Gasteiger charge is 2.05. The van der Waals surface area contributed by atoms with E-state index in [9.17, 15) is 9.59 Å². The minimum absolute atomic E-state index is 0.189. The molecule has 0 bridgehead atoms. The van der Waals surface area contributed by atoms with Crippen molar-refractivity contribution in [2.45, 2.75) is 13.8 Å².